The fourth-order valence-corrected chi connectivity index (χ4v) is 3.80. The zero-order valence-electron chi connectivity index (χ0n) is 15.6. The van der Waals surface area contributed by atoms with Gasteiger partial charge in [0.2, 0.25) is 0 Å². The van der Waals surface area contributed by atoms with Gasteiger partial charge < -0.3 is 20.9 Å². The first-order valence-corrected chi connectivity index (χ1v) is 9.81. The fraction of sp³-hybridized carbons (Fsp3) is 0.600. The topological polar surface area (TPSA) is 73.5 Å². The van der Waals surface area contributed by atoms with Crippen molar-refractivity contribution in [2.24, 2.45) is 0 Å². The lowest BCUT2D eigenvalue weighted by Gasteiger charge is -2.32. The van der Waals surface area contributed by atoms with E-state index in [2.05, 4.69) is 28.1 Å². The Morgan fingerprint density at radius 1 is 1.15 bits per heavy atom. The van der Waals surface area contributed by atoms with E-state index in [0.717, 1.165) is 25.9 Å². The van der Waals surface area contributed by atoms with E-state index in [1.54, 1.807) is 0 Å². The van der Waals surface area contributed by atoms with Crippen molar-refractivity contribution in [2.45, 2.75) is 44.6 Å². The summed E-state index contributed by atoms with van der Waals surface area (Å²) in [5.74, 6) is 0.536. The average Bonchev–Trinajstić information content (AvgIpc) is 2.69. The van der Waals surface area contributed by atoms with Crippen molar-refractivity contribution in [1.82, 2.24) is 20.9 Å². The second-order valence-corrected chi connectivity index (χ2v) is 7.24. The van der Waals surface area contributed by atoms with Crippen LogP contribution in [0.3, 0.4) is 0 Å². The lowest BCUT2D eigenvalue weighted by molar-refractivity contribution is 0.0918. The quantitative estimate of drug-likeness (QED) is 0.771. The monoisotopic (exact) mass is 358 g/mol. The summed E-state index contributed by atoms with van der Waals surface area (Å²) >= 11 is 0. The Labute approximate surface area is 155 Å². The number of amides is 3. The minimum atomic E-state index is -0.0187. The smallest absolute Gasteiger partial charge is 0.317 e. The molecule has 26 heavy (non-hydrogen) atoms. The normalized spacial score (nSPS) is 21.3. The summed E-state index contributed by atoms with van der Waals surface area (Å²) in [7, 11) is 0. The highest BCUT2D eigenvalue weighted by Crippen LogP contribution is 2.23. The molecular weight excluding hydrogens is 328 g/mol. The van der Waals surface area contributed by atoms with Crippen molar-refractivity contribution in [2.75, 3.05) is 32.7 Å². The number of nitrogens with one attached hydrogen (secondary N) is 3. The largest absolute Gasteiger partial charge is 0.349 e. The van der Waals surface area contributed by atoms with Crippen molar-refractivity contribution < 1.29 is 9.59 Å². The van der Waals surface area contributed by atoms with Crippen LogP contribution in [0.1, 0.15) is 54.4 Å². The number of rotatable bonds is 4. The molecule has 3 amide bonds. The SMILES string of the molecule is CCNC(=O)N1CCC(NC(=O)c2ccc([C@@H]3CCCNC3)cc2)CC1. The molecule has 0 spiro atoms. The van der Waals surface area contributed by atoms with Gasteiger partial charge in [0.25, 0.3) is 5.91 Å². The summed E-state index contributed by atoms with van der Waals surface area (Å²) < 4.78 is 0. The number of hydrogen-bond acceptors (Lipinski definition) is 3. The molecule has 6 nitrogen and oxygen atoms in total. The first-order chi connectivity index (χ1) is 12.7. The summed E-state index contributed by atoms with van der Waals surface area (Å²) in [4.78, 5) is 26.2. The van der Waals surface area contributed by atoms with Crippen molar-refractivity contribution in [3.8, 4) is 0 Å². The Hall–Kier alpha value is -2.08. The number of carbonyl (C=O) groups is 2. The van der Waals surface area contributed by atoms with E-state index in [-0.39, 0.29) is 18.0 Å². The highest BCUT2D eigenvalue weighted by molar-refractivity contribution is 5.94. The van der Waals surface area contributed by atoms with E-state index in [4.69, 9.17) is 0 Å². The maximum atomic E-state index is 12.5. The summed E-state index contributed by atoms with van der Waals surface area (Å²) in [6.45, 7) is 6.06. The third-order valence-electron chi connectivity index (χ3n) is 5.39. The molecule has 3 rings (SSSR count). The van der Waals surface area contributed by atoms with Crippen LogP contribution in [0.15, 0.2) is 24.3 Å². The van der Waals surface area contributed by atoms with Gasteiger partial charge in [-0.1, -0.05) is 12.1 Å². The van der Waals surface area contributed by atoms with Gasteiger partial charge in [-0.05, 0) is 62.8 Å². The molecule has 0 unspecified atom stereocenters. The van der Waals surface area contributed by atoms with Crippen molar-refractivity contribution in [3.05, 3.63) is 35.4 Å². The second kappa shape index (κ2) is 9.03. The van der Waals surface area contributed by atoms with Gasteiger partial charge in [0.1, 0.15) is 0 Å². The molecule has 0 aliphatic carbocycles. The number of hydrogen-bond donors (Lipinski definition) is 3. The van der Waals surface area contributed by atoms with E-state index in [0.29, 0.717) is 31.1 Å². The third-order valence-corrected chi connectivity index (χ3v) is 5.39. The Morgan fingerprint density at radius 3 is 2.50 bits per heavy atom. The molecule has 1 aromatic rings. The molecule has 0 radical (unpaired) electrons. The molecule has 0 saturated carbocycles. The van der Waals surface area contributed by atoms with Crippen LogP contribution in [0.2, 0.25) is 0 Å². The van der Waals surface area contributed by atoms with Gasteiger partial charge in [-0.3, -0.25) is 4.79 Å². The molecule has 6 heteroatoms. The van der Waals surface area contributed by atoms with Gasteiger partial charge in [0.05, 0.1) is 0 Å². The lowest BCUT2D eigenvalue weighted by Crippen LogP contribution is -2.49. The Balaban J connectivity index is 1.48. The molecule has 2 aliphatic rings. The van der Waals surface area contributed by atoms with Crippen molar-refractivity contribution >= 4 is 11.9 Å². The average molecular weight is 358 g/mol. The summed E-state index contributed by atoms with van der Waals surface area (Å²) in [6, 6.07) is 8.17. The predicted octanol–water partition coefficient (Wildman–Crippen LogP) is 2.08. The van der Waals surface area contributed by atoms with Crippen LogP contribution in [0, 0.1) is 0 Å². The predicted molar refractivity (Wildman–Crippen MR) is 102 cm³/mol. The molecule has 2 aliphatic heterocycles. The summed E-state index contributed by atoms with van der Waals surface area (Å²) in [5, 5.41) is 9.37. The van der Waals surface area contributed by atoms with E-state index < -0.39 is 0 Å². The minimum absolute atomic E-state index is 0.00920. The zero-order chi connectivity index (χ0) is 18.4. The molecular formula is C20H30N4O2. The van der Waals surface area contributed by atoms with Gasteiger partial charge in [0.15, 0.2) is 0 Å². The van der Waals surface area contributed by atoms with Crippen molar-refractivity contribution in [1.29, 1.82) is 0 Å². The van der Waals surface area contributed by atoms with E-state index >= 15 is 0 Å². The van der Waals surface area contributed by atoms with E-state index in [1.165, 1.54) is 18.4 Å². The Bertz CT molecular complexity index is 603. The first-order valence-electron chi connectivity index (χ1n) is 9.81. The first kappa shape index (κ1) is 18.7. The standard InChI is InChI=1S/C20H30N4O2/c1-2-22-20(26)24-12-9-18(10-13-24)23-19(25)16-7-5-15(6-8-16)17-4-3-11-21-14-17/h5-8,17-18,21H,2-4,9-14H2,1H3,(H,22,26)(H,23,25)/t17-/m1/s1. The Kier molecular flexibility index (Phi) is 6.50. The summed E-state index contributed by atoms with van der Waals surface area (Å²) in [5.41, 5.74) is 2.02. The number of likely N-dealkylation sites (tertiary alicyclic amines) is 1. The minimum Gasteiger partial charge on any atom is -0.349 e. The summed E-state index contributed by atoms with van der Waals surface area (Å²) in [6.07, 6.45) is 4.02. The number of nitrogens with zero attached hydrogens (tertiary/aromatic N) is 1. The van der Waals surface area contributed by atoms with Gasteiger partial charge in [-0.25, -0.2) is 4.79 Å². The molecule has 1 aromatic carbocycles. The molecule has 0 bridgehead atoms. The molecule has 2 saturated heterocycles. The van der Waals surface area contributed by atoms with E-state index in [9.17, 15) is 9.59 Å². The van der Waals surface area contributed by atoms with Gasteiger partial charge in [0, 0.05) is 37.8 Å². The molecule has 142 valence electrons. The van der Waals surface area contributed by atoms with Crippen LogP contribution < -0.4 is 16.0 Å². The van der Waals surface area contributed by atoms with Crippen LogP contribution in [-0.2, 0) is 0 Å². The number of carbonyl (C=O) groups excluding carboxylic acids is 2. The zero-order valence-corrected chi connectivity index (χ0v) is 15.6. The molecule has 2 heterocycles. The number of piperidine rings is 2. The van der Waals surface area contributed by atoms with Gasteiger partial charge in [-0.2, -0.15) is 0 Å². The van der Waals surface area contributed by atoms with Crippen LogP contribution in [0.25, 0.3) is 0 Å². The third kappa shape index (κ3) is 4.75. The van der Waals surface area contributed by atoms with Crippen LogP contribution >= 0.6 is 0 Å². The van der Waals surface area contributed by atoms with E-state index in [1.807, 2.05) is 24.0 Å². The molecule has 1 atom stereocenters. The molecule has 0 aromatic heterocycles. The van der Waals surface area contributed by atoms with Gasteiger partial charge >= 0.3 is 6.03 Å². The highest BCUT2D eigenvalue weighted by atomic mass is 16.2. The fourth-order valence-electron chi connectivity index (χ4n) is 3.80. The second-order valence-electron chi connectivity index (χ2n) is 7.24. The van der Waals surface area contributed by atoms with Gasteiger partial charge in [-0.15, -0.1) is 0 Å². The molecule has 3 N–H and O–H groups in total. The number of benzene rings is 1. The maximum absolute atomic E-state index is 12.5. The highest BCUT2D eigenvalue weighted by Gasteiger charge is 2.24. The molecule has 2 fully saturated rings. The van der Waals surface area contributed by atoms with Crippen molar-refractivity contribution in [3.63, 3.8) is 0 Å². The van der Waals surface area contributed by atoms with Crippen LogP contribution in [-0.4, -0.2) is 55.6 Å². The maximum Gasteiger partial charge on any atom is 0.317 e. The van der Waals surface area contributed by atoms with Crippen LogP contribution in [0.4, 0.5) is 4.79 Å². The Morgan fingerprint density at radius 2 is 1.88 bits per heavy atom. The number of urea groups is 1. The lowest BCUT2D eigenvalue weighted by atomic mass is 9.91. The van der Waals surface area contributed by atoms with Crippen LogP contribution in [0.5, 0.6) is 0 Å².